The van der Waals surface area contributed by atoms with Crippen LogP contribution >= 0.6 is 24.0 Å². The Morgan fingerprint density at radius 1 is 1.09 bits per heavy atom. The van der Waals surface area contributed by atoms with Crippen LogP contribution in [-0.2, 0) is 6.54 Å². The summed E-state index contributed by atoms with van der Waals surface area (Å²) >= 11 is 0. The molecular formula is C24H32IN5O2. The number of benzene rings is 2. The molecule has 0 aliphatic rings. The predicted molar refractivity (Wildman–Crippen MR) is 140 cm³/mol. The Morgan fingerprint density at radius 3 is 2.53 bits per heavy atom. The van der Waals surface area contributed by atoms with Gasteiger partial charge in [-0.15, -0.1) is 24.0 Å². The summed E-state index contributed by atoms with van der Waals surface area (Å²) in [5.41, 5.74) is 3.33. The number of para-hydroxylation sites is 1. The Balaban J connectivity index is 0.00000363. The summed E-state index contributed by atoms with van der Waals surface area (Å²) in [6, 6.07) is 14.3. The highest BCUT2D eigenvalue weighted by Crippen LogP contribution is 2.30. The molecule has 1 aromatic heterocycles. The summed E-state index contributed by atoms with van der Waals surface area (Å²) in [5.74, 6) is 2.24. The maximum Gasteiger partial charge on any atom is 0.191 e. The van der Waals surface area contributed by atoms with Gasteiger partial charge in [0.1, 0.15) is 0 Å². The minimum atomic E-state index is 0. The van der Waals surface area contributed by atoms with Crippen molar-refractivity contribution in [3.63, 3.8) is 0 Å². The number of hydrogen-bond donors (Lipinski definition) is 2. The molecule has 0 amide bonds. The van der Waals surface area contributed by atoms with E-state index < -0.39 is 0 Å². The van der Waals surface area contributed by atoms with Gasteiger partial charge in [-0.25, -0.2) is 4.98 Å². The van der Waals surface area contributed by atoms with E-state index in [1.165, 1.54) is 0 Å². The van der Waals surface area contributed by atoms with Crippen LogP contribution in [-0.4, -0.2) is 35.8 Å². The number of nitrogens with one attached hydrogen (secondary N) is 2. The second kappa shape index (κ2) is 12.9. The Kier molecular flexibility index (Phi) is 10.3. The summed E-state index contributed by atoms with van der Waals surface area (Å²) in [6.45, 7) is 7.85. The average molecular weight is 549 g/mol. The van der Waals surface area contributed by atoms with E-state index in [1.807, 2.05) is 54.9 Å². The molecule has 0 spiro atoms. The van der Waals surface area contributed by atoms with Crippen LogP contribution in [0.25, 0.3) is 5.69 Å². The minimum Gasteiger partial charge on any atom is -0.490 e. The first kappa shape index (κ1) is 25.5. The van der Waals surface area contributed by atoms with Crippen molar-refractivity contribution in [3.05, 3.63) is 72.3 Å². The first-order valence-corrected chi connectivity index (χ1v) is 10.6. The number of ether oxygens (including phenoxy) is 2. The molecule has 2 N–H and O–H groups in total. The number of aromatic nitrogens is 2. The van der Waals surface area contributed by atoms with E-state index in [-0.39, 0.29) is 30.0 Å². The highest BCUT2D eigenvalue weighted by Gasteiger charge is 2.13. The van der Waals surface area contributed by atoms with E-state index in [1.54, 1.807) is 19.6 Å². The van der Waals surface area contributed by atoms with Gasteiger partial charge in [-0.1, -0.05) is 24.3 Å². The monoisotopic (exact) mass is 549 g/mol. The number of imidazole rings is 1. The van der Waals surface area contributed by atoms with Crippen LogP contribution in [0.4, 0.5) is 0 Å². The second-order valence-corrected chi connectivity index (χ2v) is 6.96. The lowest BCUT2D eigenvalue weighted by molar-refractivity contribution is 0.287. The van der Waals surface area contributed by atoms with Crippen molar-refractivity contribution in [3.8, 4) is 17.2 Å². The zero-order valence-electron chi connectivity index (χ0n) is 19.0. The van der Waals surface area contributed by atoms with Crippen molar-refractivity contribution in [1.82, 2.24) is 20.2 Å². The number of rotatable bonds is 9. The lowest BCUT2D eigenvalue weighted by atomic mass is 10.1. The molecule has 0 aliphatic carbocycles. The Morgan fingerprint density at radius 2 is 1.84 bits per heavy atom. The topological polar surface area (TPSA) is 72.7 Å². The normalized spacial score (nSPS) is 11.9. The minimum absolute atomic E-state index is 0. The standard InChI is InChI=1S/C24H31N5O2.HI/c1-5-30-22-12-11-19(15-23(22)31-6-2)18(3)28-24(25-4)27-16-20-9-7-8-10-21(20)29-14-13-26-17-29;/h7-15,17-18H,5-6,16H2,1-4H3,(H2,25,27,28);1H. The number of nitrogens with zero attached hydrogens (tertiary/aromatic N) is 3. The molecule has 2 aromatic carbocycles. The molecule has 8 heteroatoms. The van der Waals surface area contributed by atoms with Gasteiger partial charge in [0.2, 0.25) is 0 Å². The Hall–Kier alpha value is -2.75. The van der Waals surface area contributed by atoms with E-state index in [4.69, 9.17) is 9.47 Å². The summed E-state index contributed by atoms with van der Waals surface area (Å²) in [5, 5.41) is 6.86. The zero-order chi connectivity index (χ0) is 22.1. The van der Waals surface area contributed by atoms with Crippen LogP contribution in [0.1, 0.15) is 37.9 Å². The molecule has 1 unspecified atom stereocenters. The van der Waals surface area contributed by atoms with Crippen LogP contribution in [0, 0.1) is 0 Å². The van der Waals surface area contributed by atoms with Crippen molar-refractivity contribution in [2.24, 2.45) is 4.99 Å². The van der Waals surface area contributed by atoms with Crippen LogP contribution in [0.3, 0.4) is 0 Å². The third-order valence-electron chi connectivity index (χ3n) is 4.86. The van der Waals surface area contributed by atoms with Gasteiger partial charge in [-0.3, -0.25) is 4.99 Å². The Bertz CT molecular complexity index is 992. The van der Waals surface area contributed by atoms with Gasteiger partial charge < -0.3 is 24.7 Å². The third kappa shape index (κ3) is 6.62. The van der Waals surface area contributed by atoms with Crippen LogP contribution in [0.15, 0.2) is 66.2 Å². The zero-order valence-corrected chi connectivity index (χ0v) is 21.4. The van der Waals surface area contributed by atoms with Crippen molar-refractivity contribution >= 4 is 29.9 Å². The van der Waals surface area contributed by atoms with Gasteiger partial charge in [0.25, 0.3) is 0 Å². The molecule has 0 aliphatic heterocycles. The van der Waals surface area contributed by atoms with Crippen molar-refractivity contribution in [2.75, 3.05) is 20.3 Å². The van der Waals surface area contributed by atoms with Gasteiger partial charge in [0, 0.05) is 26.0 Å². The molecule has 7 nitrogen and oxygen atoms in total. The van der Waals surface area contributed by atoms with Crippen molar-refractivity contribution < 1.29 is 9.47 Å². The highest BCUT2D eigenvalue weighted by molar-refractivity contribution is 14.0. The molecule has 0 fully saturated rings. The molecule has 3 aromatic rings. The number of guanidine groups is 1. The second-order valence-electron chi connectivity index (χ2n) is 6.96. The number of aliphatic imine (C=N–C) groups is 1. The van der Waals surface area contributed by atoms with Gasteiger partial charge in [0.15, 0.2) is 17.5 Å². The average Bonchev–Trinajstić information content (AvgIpc) is 3.33. The molecule has 0 saturated heterocycles. The quantitative estimate of drug-likeness (QED) is 0.230. The summed E-state index contributed by atoms with van der Waals surface area (Å²) in [6.07, 6.45) is 5.52. The fraction of sp³-hybridized carbons (Fsp3) is 0.333. The highest BCUT2D eigenvalue weighted by atomic mass is 127. The van der Waals surface area contributed by atoms with E-state index in [2.05, 4.69) is 39.7 Å². The van der Waals surface area contributed by atoms with Crippen molar-refractivity contribution in [2.45, 2.75) is 33.4 Å². The van der Waals surface area contributed by atoms with Crippen LogP contribution in [0.2, 0.25) is 0 Å². The summed E-state index contributed by atoms with van der Waals surface area (Å²) < 4.78 is 13.4. The molecule has 0 bridgehead atoms. The third-order valence-corrected chi connectivity index (χ3v) is 4.86. The van der Waals surface area contributed by atoms with Gasteiger partial charge in [-0.2, -0.15) is 0 Å². The van der Waals surface area contributed by atoms with E-state index in [9.17, 15) is 0 Å². The molecule has 32 heavy (non-hydrogen) atoms. The van der Waals surface area contributed by atoms with E-state index in [0.29, 0.717) is 19.8 Å². The Labute approximate surface area is 207 Å². The predicted octanol–water partition coefficient (Wildman–Crippen LogP) is 4.71. The number of hydrogen-bond acceptors (Lipinski definition) is 4. The summed E-state index contributed by atoms with van der Waals surface area (Å²) in [7, 11) is 1.77. The van der Waals surface area contributed by atoms with Gasteiger partial charge in [-0.05, 0) is 50.1 Å². The van der Waals surface area contributed by atoms with Gasteiger partial charge >= 0.3 is 0 Å². The van der Waals surface area contributed by atoms with E-state index >= 15 is 0 Å². The fourth-order valence-corrected chi connectivity index (χ4v) is 3.31. The van der Waals surface area contributed by atoms with Crippen LogP contribution < -0.4 is 20.1 Å². The van der Waals surface area contributed by atoms with Crippen LogP contribution in [0.5, 0.6) is 11.5 Å². The lowest BCUT2D eigenvalue weighted by Gasteiger charge is -2.20. The molecular weight excluding hydrogens is 517 g/mol. The molecule has 1 atom stereocenters. The van der Waals surface area contributed by atoms with Gasteiger partial charge in [0.05, 0.1) is 31.3 Å². The SMILES string of the molecule is CCOc1ccc(C(C)NC(=NC)NCc2ccccc2-n2ccnc2)cc1OCC.I. The number of halogens is 1. The smallest absolute Gasteiger partial charge is 0.191 e. The maximum atomic E-state index is 5.76. The fourth-order valence-electron chi connectivity index (χ4n) is 3.31. The molecule has 3 rings (SSSR count). The molecule has 0 radical (unpaired) electrons. The largest absolute Gasteiger partial charge is 0.490 e. The molecule has 1 heterocycles. The first-order chi connectivity index (χ1) is 15.2. The molecule has 172 valence electrons. The summed E-state index contributed by atoms with van der Waals surface area (Å²) in [4.78, 5) is 8.54. The maximum absolute atomic E-state index is 5.76. The van der Waals surface area contributed by atoms with Crippen molar-refractivity contribution in [1.29, 1.82) is 0 Å². The van der Waals surface area contributed by atoms with E-state index in [0.717, 1.165) is 34.3 Å². The first-order valence-electron chi connectivity index (χ1n) is 10.6. The molecule has 0 saturated carbocycles. The lowest BCUT2D eigenvalue weighted by Crippen LogP contribution is -2.38.